The Balaban J connectivity index is 2.37. The fraction of sp³-hybridized carbons (Fsp3) is 0.900. The zero-order valence-corrected chi connectivity index (χ0v) is 17.9. The van der Waals surface area contributed by atoms with Crippen molar-refractivity contribution >= 4 is 23.6 Å². The molecule has 3 unspecified atom stereocenters. The van der Waals surface area contributed by atoms with Crippen molar-refractivity contribution in [2.45, 2.75) is 95.1 Å². The minimum absolute atomic E-state index is 0.0277. The molecule has 1 fully saturated rings. The number of hydrogen-bond acceptors (Lipinski definition) is 6. The van der Waals surface area contributed by atoms with Crippen molar-refractivity contribution in [2.24, 2.45) is 0 Å². The van der Waals surface area contributed by atoms with Gasteiger partial charge in [0.15, 0.2) is 0 Å². The highest BCUT2D eigenvalue weighted by Gasteiger charge is 2.34. The van der Waals surface area contributed by atoms with Gasteiger partial charge in [-0.05, 0) is 32.6 Å². The fourth-order valence-corrected chi connectivity index (χ4v) is 4.64. The molecule has 7 heteroatoms. The molecule has 0 saturated carbocycles. The number of likely N-dealkylation sites (tertiary alicyclic amines) is 1. The number of rotatable bonds is 14. The van der Waals surface area contributed by atoms with Gasteiger partial charge in [0.2, 0.25) is 5.91 Å². The highest BCUT2D eigenvalue weighted by Crippen LogP contribution is 2.32. The molecule has 1 aliphatic rings. The number of aliphatic hydroxyl groups excluding tert-OH is 1. The maximum absolute atomic E-state index is 12.2. The summed E-state index contributed by atoms with van der Waals surface area (Å²) in [5, 5.41) is 20.8. The first kappa shape index (κ1) is 24.2. The standard InChI is InChI=1S/C20H37NO5S/c1-4-5-8-13-20(2,25)15-27-18-12-11-17(23)21(18)14-16(22)9-6-7-10-19(24)26-3/h16,18,22,25H,4-15H2,1-3H3. The van der Waals surface area contributed by atoms with Gasteiger partial charge in [0.05, 0.1) is 24.2 Å². The van der Waals surface area contributed by atoms with Crippen molar-refractivity contribution in [2.75, 3.05) is 19.4 Å². The Morgan fingerprint density at radius 3 is 2.78 bits per heavy atom. The maximum Gasteiger partial charge on any atom is 0.305 e. The van der Waals surface area contributed by atoms with E-state index in [1.807, 2.05) is 6.92 Å². The van der Waals surface area contributed by atoms with E-state index in [1.54, 1.807) is 16.7 Å². The minimum atomic E-state index is -0.719. The summed E-state index contributed by atoms with van der Waals surface area (Å²) in [5.41, 5.74) is -0.719. The quantitative estimate of drug-likeness (QED) is 0.342. The first-order chi connectivity index (χ1) is 12.8. The van der Waals surface area contributed by atoms with Gasteiger partial charge in [-0.15, -0.1) is 11.8 Å². The molecule has 0 aromatic carbocycles. The van der Waals surface area contributed by atoms with Crippen molar-refractivity contribution in [3.05, 3.63) is 0 Å². The number of methoxy groups -OCH3 is 1. The highest BCUT2D eigenvalue weighted by molar-refractivity contribution is 7.99. The molecule has 0 aromatic rings. The van der Waals surface area contributed by atoms with Gasteiger partial charge in [0, 0.05) is 25.1 Å². The summed E-state index contributed by atoms with van der Waals surface area (Å²) in [6.45, 7) is 4.34. The summed E-state index contributed by atoms with van der Waals surface area (Å²) < 4.78 is 4.60. The Morgan fingerprint density at radius 1 is 1.37 bits per heavy atom. The number of β-amino-alcohol motifs (C(OH)–C–C–N with tert-alkyl or cyclic N) is 1. The third-order valence-corrected chi connectivity index (χ3v) is 6.65. The lowest BCUT2D eigenvalue weighted by Crippen LogP contribution is -2.39. The molecular formula is C20H37NO5S. The average molecular weight is 404 g/mol. The summed E-state index contributed by atoms with van der Waals surface area (Å²) in [4.78, 5) is 25.0. The molecule has 0 aromatic heterocycles. The normalized spacial score (nSPS) is 20.6. The number of aliphatic hydroxyl groups is 2. The van der Waals surface area contributed by atoms with E-state index < -0.39 is 11.7 Å². The number of ether oxygens (including phenoxy) is 1. The Bertz CT molecular complexity index is 458. The number of hydrogen-bond donors (Lipinski definition) is 2. The molecule has 0 radical (unpaired) electrons. The molecule has 158 valence electrons. The third-order valence-electron chi connectivity index (χ3n) is 4.98. The number of esters is 1. The summed E-state index contributed by atoms with van der Waals surface area (Å²) in [7, 11) is 1.37. The van der Waals surface area contributed by atoms with Gasteiger partial charge in [-0.1, -0.05) is 32.6 Å². The first-order valence-electron chi connectivity index (χ1n) is 10.2. The third kappa shape index (κ3) is 9.81. The largest absolute Gasteiger partial charge is 0.469 e. The molecule has 0 bridgehead atoms. The monoisotopic (exact) mass is 403 g/mol. The lowest BCUT2D eigenvalue weighted by Gasteiger charge is -2.30. The Labute approximate surface area is 168 Å². The number of nitrogens with zero attached hydrogens (tertiary/aromatic N) is 1. The van der Waals surface area contributed by atoms with Crippen LogP contribution in [0.25, 0.3) is 0 Å². The van der Waals surface area contributed by atoms with Gasteiger partial charge in [0.1, 0.15) is 0 Å². The number of carbonyl (C=O) groups excluding carboxylic acids is 2. The lowest BCUT2D eigenvalue weighted by molar-refractivity contribution is -0.140. The van der Waals surface area contributed by atoms with Crippen LogP contribution in [0.3, 0.4) is 0 Å². The summed E-state index contributed by atoms with van der Waals surface area (Å²) in [5.74, 6) is 0.439. The first-order valence-corrected chi connectivity index (χ1v) is 11.2. The predicted octanol–water partition coefficient (Wildman–Crippen LogP) is 3.09. The molecule has 0 aliphatic carbocycles. The van der Waals surface area contributed by atoms with E-state index in [2.05, 4.69) is 11.7 Å². The van der Waals surface area contributed by atoms with Crippen LogP contribution in [0.1, 0.15) is 78.1 Å². The van der Waals surface area contributed by atoms with Crippen LogP contribution in [-0.2, 0) is 14.3 Å². The molecule has 27 heavy (non-hydrogen) atoms. The van der Waals surface area contributed by atoms with Crippen LogP contribution >= 0.6 is 11.8 Å². The zero-order chi connectivity index (χ0) is 20.3. The van der Waals surface area contributed by atoms with E-state index in [-0.39, 0.29) is 17.3 Å². The Kier molecular flexibility index (Phi) is 11.3. The molecule has 0 spiro atoms. The molecule has 1 saturated heterocycles. The van der Waals surface area contributed by atoms with Crippen LogP contribution in [0.2, 0.25) is 0 Å². The number of carbonyl (C=O) groups is 2. The van der Waals surface area contributed by atoms with Crippen LogP contribution in [-0.4, -0.2) is 63.5 Å². The second-order valence-electron chi connectivity index (χ2n) is 7.78. The molecule has 1 heterocycles. The molecular weight excluding hydrogens is 366 g/mol. The minimum Gasteiger partial charge on any atom is -0.469 e. The molecule has 1 amide bonds. The second kappa shape index (κ2) is 12.6. The van der Waals surface area contributed by atoms with Crippen molar-refractivity contribution in [1.82, 2.24) is 4.90 Å². The van der Waals surface area contributed by atoms with Gasteiger partial charge >= 0.3 is 5.97 Å². The zero-order valence-electron chi connectivity index (χ0n) is 17.1. The van der Waals surface area contributed by atoms with Crippen molar-refractivity contribution in [3.8, 4) is 0 Å². The topological polar surface area (TPSA) is 87.1 Å². The smallest absolute Gasteiger partial charge is 0.305 e. The van der Waals surface area contributed by atoms with Crippen molar-refractivity contribution in [3.63, 3.8) is 0 Å². The molecule has 6 nitrogen and oxygen atoms in total. The second-order valence-corrected chi connectivity index (χ2v) is 8.95. The van der Waals surface area contributed by atoms with Crippen LogP contribution in [0.4, 0.5) is 0 Å². The average Bonchev–Trinajstić information content (AvgIpc) is 2.97. The Hall–Kier alpha value is -0.790. The van der Waals surface area contributed by atoms with E-state index in [9.17, 15) is 19.8 Å². The lowest BCUT2D eigenvalue weighted by atomic mass is 10.0. The van der Waals surface area contributed by atoms with Crippen LogP contribution in [0, 0.1) is 0 Å². The molecule has 1 aliphatic heterocycles. The molecule has 3 atom stereocenters. The van der Waals surface area contributed by atoms with Gasteiger partial charge in [0.25, 0.3) is 0 Å². The summed E-state index contributed by atoms with van der Waals surface area (Å²) >= 11 is 1.62. The van der Waals surface area contributed by atoms with Crippen molar-refractivity contribution < 1.29 is 24.5 Å². The van der Waals surface area contributed by atoms with E-state index in [0.29, 0.717) is 38.0 Å². The predicted molar refractivity (Wildman–Crippen MR) is 108 cm³/mol. The van der Waals surface area contributed by atoms with Crippen LogP contribution in [0.5, 0.6) is 0 Å². The summed E-state index contributed by atoms with van der Waals surface area (Å²) in [6.07, 6.45) is 7.05. The maximum atomic E-state index is 12.2. The van der Waals surface area contributed by atoms with Crippen molar-refractivity contribution in [1.29, 1.82) is 0 Å². The van der Waals surface area contributed by atoms with Crippen LogP contribution in [0.15, 0.2) is 0 Å². The number of amides is 1. The van der Waals surface area contributed by atoms with Gasteiger partial charge in [-0.2, -0.15) is 0 Å². The Morgan fingerprint density at radius 2 is 2.11 bits per heavy atom. The fourth-order valence-electron chi connectivity index (χ4n) is 3.27. The van der Waals surface area contributed by atoms with Gasteiger partial charge < -0.3 is 19.8 Å². The van der Waals surface area contributed by atoms with E-state index in [4.69, 9.17) is 0 Å². The van der Waals surface area contributed by atoms with E-state index >= 15 is 0 Å². The van der Waals surface area contributed by atoms with Crippen LogP contribution < -0.4 is 0 Å². The van der Waals surface area contributed by atoms with Gasteiger partial charge in [-0.3, -0.25) is 9.59 Å². The molecule has 2 N–H and O–H groups in total. The van der Waals surface area contributed by atoms with Gasteiger partial charge in [-0.25, -0.2) is 0 Å². The molecule has 1 rings (SSSR count). The number of unbranched alkanes of at least 4 members (excludes halogenated alkanes) is 3. The number of thioether (sulfide) groups is 1. The SMILES string of the molecule is CCCCCC(C)(O)CSC1CCC(=O)N1CC(O)CCCCC(=O)OC. The highest BCUT2D eigenvalue weighted by atomic mass is 32.2. The van der Waals surface area contributed by atoms with E-state index in [1.165, 1.54) is 7.11 Å². The van der Waals surface area contributed by atoms with E-state index in [0.717, 1.165) is 38.5 Å². The summed E-state index contributed by atoms with van der Waals surface area (Å²) in [6, 6.07) is 0.